The molecule has 0 spiro atoms. The van der Waals surface area contributed by atoms with Crippen LogP contribution in [-0.2, 0) is 10.0 Å². The summed E-state index contributed by atoms with van der Waals surface area (Å²) in [6, 6.07) is 6.99. The van der Waals surface area contributed by atoms with Crippen molar-refractivity contribution in [3.05, 3.63) is 29.8 Å². The summed E-state index contributed by atoms with van der Waals surface area (Å²) in [6.45, 7) is 3.84. The Morgan fingerprint density at radius 3 is 2.22 bits per heavy atom. The molecule has 0 bridgehead atoms. The van der Waals surface area contributed by atoms with Gasteiger partial charge < -0.3 is 4.90 Å². The number of aryl methyl sites for hydroxylation is 1. The Hall–Kier alpha value is -1.36. The van der Waals surface area contributed by atoms with Crippen molar-refractivity contribution in [2.75, 3.05) is 13.1 Å². The topological polar surface area (TPSA) is 49.7 Å². The number of sulfonamides is 1. The van der Waals surface area contributed by atoms with Gasteiger partial charge in [0.2, 0.25) is 0 Å². The Kier molecular flexibility index (Phi) is 5.05. The van der Waals surface area contributed by atoms with Crippen LogP contribution in [-0.4, -0.2) is 32.2 Å². The zero-order valence-corrected chi connectivity index (χ0v) is 14.7. The summed E-state index contributed by atoms with van der Waals surface area (Å²) in [7, 11) is -3.62. The monoisotopic (exact) mass is 334 g/mol. The van der Waals surface area contributed by atoms with Gasteiger partial charge in [-0.3, -0.25) is 0 Å². The molecule has 4 nitrogen and oxygen atoms in total. The quantitative estimate of drug-likeness (QED) is 0.625. The Bertz CT molecular complexity index is 653. The van der Waals surface area contributed by atoms with Crippen molar-refractivity contribution in [3.63, 3.8) is 0 Å². The van der Waals surface area contributed by atoms with Crippen LogP contribution in [0.3, 0.4) is 0 Å². The van der Waals surface area contributed by atoms with Gasteiger partial charge in [0.25, 0.3) is 10.0 Å². The minimum Gasteiger partial charge on any atom is -0.359 e. The van der Waals surface area contributed by atoms with Crippen molar-refractivity contribution in [3.8, 4) is 0 Å². The second-order valence-electron chi connectivity index (χ2n) is 6.77. The maximum atomic E-state index is 12.7. The lowest BCUT2D eigenvalue weighted by molar-refractivity contribution is 0.326. The van der Waals surface area contributed by atoms with Gasteiger partial charge in [-0.2, -0.15) is 8.42 Å². The fraction of sp³-hybridized carbons (Fsp3) is 0.611. The molecule has 1 aliphatic carbocycles. The van der Waals surface area contributed by atoms with Crippen molar-refractivity contribution >= 4 is 15.9 Å². The molecule has 3 rings (SSSR count). The number of benzene rings is 1. The maximum Gasteiger partial charge on any atom is 0.283 e. The van der Waals surface area contributed by atoms with E-state index in [0.29, 0.717) is 10.8 Å². The predicted molar refractivity (Wildman–Crippen MR) is 93.2 cm³/mol. The lowest BCUT2D eigenvalue weighted by Gasteiger charge is -2.32. The summed E-state index contributed by atoms with van der Waals surface area (Å²) in [5, 5.41) is 0. The van der Waals surface area contributed by atoms with Crippen LogP contribution in [0.2, 0.25) is 0 Å². The molecule has 1 aromatic rings. The summed E-state index contributed by atoms with van der Waals surface area (Å²) in [5.74, 6) is 1.14. The van der Waals surface area contributed by atoms with Crippen LogP contribution in [0.1, 0.15) is 50.5 Å². The molecule has 2 fully saturated rings. The molecule has 1 aliphatic heterocycles. The largest absolute Gasteiger partial charge is 0.359 e. The number of hydrogen-bond acceptors (Lipinski definition) is 2. The summed E-state index contributed by atoms with van der Waals surface area (Å²) < 4.78 is 29.8. The van der Waals surface area contributed by atoms with E-state index < -0.39 is 10.0 Å². The first-order chi connectivity index (χ1) is 11.1. The van der Waals surface area contributed by atoms with E-state index in [1.165, 1.54) is 19.3 Å². The fourth-order valence-corrected chi connectivity index (χ4v) is 4.68. The van der Waals surface area contributed by atoms with E-state index in [9.17, 15) is 8.42 Å². The third-order valence-corrected chi connectivity index (χ3v) is 6.23. The number of amidine groups is 1. The van der Waals surface area contributed by atoms with Gasteiger partial charge in [-0.15, -0.1) is 4.40 Å². The summed E-state index contributed by atoms with van der Waals surface area (Å²) in [4.78, 5) is 2.53. The number of nitrogens with zero attached hydrogens (tertiary/aromatic N) is 2. The molecule has 0 amide bonds. The second-order valence-corrected chi connectivity index (χ2v) is 8.37. The predicted octanol–water partition coefficient (Wildman–Crippen LogP) is 3.76. The van der Waals surface area contributed by atoms with Crippen LogP contribution in [0.25, 0.3) is 0 Å². The molecule has 23 heavy (non-hydrogen) atoms. The van der Waals surface area contributed by atoms with Gasteiger partial charge in [0.1, 0.15) is 5.84 Å². The Balaban J connectivity index is 1.93. The molecule has 0 atom stereocenters. The van der Waals surface area contributed by atoms with Gasteiger partial charge in [-0.1, -0.05) is 30.5 Å². The highest BCUT2D eigenvalue weighted by molar-refractivity contribution is 7.90. The van der Waals surface area contributed by atoms with Crippen molar-refractivity contribution in [2.45, 2.75) is 56.8 Å². The van der Waals surface area contributed by atoms with Crippen molar-refractivity contribution < 1.29 is 8.42 Å². The van der Waals surface area contributed by atoms with E-state index in [4.69, 9.17) is 0 Å². The molecule has 5 heteroatoms. The van der Waals surface area contributed by atoms with E-state index in [1.807, 2.05) is 19.1 Å². The molecular weight excluding hydrogens is 308 g/mol. The van der Waals surface area contributed by atoms with Crippen LogP contribution in [0, 0.1) is 12.8 Å². The molecule has 2 aliphatic rings. The zero-order valence-electron chi connectivity index (χ0n) is 13.9. The zero-order chi connectivity index (χ0) is 16.3. The van der Waals surface area contributed by atoms with Crippen LogP contribution in [0.4, 0.5) is 0 Å². The smallest absolute Gasteiger partial charge is 0.283 e. The van der Waals surface area contributed by atoms with Crippen molar-refractivity contribution in [1.29, 1.82) is 0 Å². The molecule has 0 N–H and O–H groups in total. The minimum absolute atomic E-state index is 0.301. The highest BCUT2D eigenvalue weighted by Gasteiger charge is 2.28. The van der Waals surface area contributed by atoms with Crippen LogP contribution < -0.4 is 0 Å². The Morgan fingerprint density at radius 2 is 1.61 bits per heavy atom. The fourth-order valence-electron chi connectivity index (χ4n) is 3.58. The third kappa shape index (κ3) is 3.94. The van der Waals surface area contributed by atoms with Crippen molar-refractivity contribution in [1.82, 2.24) is 4.90 Å². The molecular formula is C18H26N2O2S. The molecule has 0 unspecified atom stereocenters. The van der Waals surface area contributed by atoms with Gasteiger partial charge >= 0.3 is 0 Å². The van der Waals surface area contributed by atoms with Gasteiger partial charge in [0.05, 0.1) is 4.90 Å². The first-order valence-corrected chi connectivity index (χ1v) is 10.2. The van der Waals surface area contributed by atoms with Crippen LogP contribution >= 0.6 is 0 Å². The number of piperidine rings is 1. The number of hydrogen-bond donors (Lipinski definition) is 0. The molecule has 0 radical (unpaired) electrons. The number of rotatable bonds is 3. The molecule has 1 heterocycles. The molecule has 1 saturated carbocycles. The Labute approximate surface area is 139 Å². The standard InChI is InChI=1S/C18H26N2O2S/c1-15-9-11-17(12-10-15)23(21,22)19-18(16-7-3-4-8-16)20-13-5-2-6-14-20/h9-12,16H,2-8,13-14H2,1H3. The normalized spacial score (nSPS) is 20.9. The minimum atomic E-state index is -3.62. The first kappa shape index (κ1) is 16.5. The average molecular weight is 334 g/mol. The molecule has 1 saturated heterocycles. The maximum absolute atomic E-state index is 12.7. The van der Waals surface area contributed by atoms with Gasteiger partial charge in [0.15, 0.2) is 0 Å². The SMILES string of the molecule is Cc1ccc(S(=O)(=O)N=C(C2CCCC2)N2CCCCC2)cc1. The Morgan fingerprint density at radius 1 is 1.00 bits per heavy atom. The van der Waals surface area contributed by atoms with Gasteiger partial charge in [0, 0.05) is 19.0 Å². The van der Waals surface area contributed by atoms with Crippen LogP contribution in [0.5, 0.6) is 0 Å². The first-order valence-electron chi connectivity index (χ1n) is 8.73. The second kappa shape index (κ2) is 7.04. The van der Waals surface area contributed by atoms with Crippen molar-refractivity contribution in [2.24, 2.45) is 10.3 Å². The van der Waals surface area contributed by atoms with E-state index in [1.54, 1.807) is 12.1 Å². The molecule has 126 valence electrons. The van der Waals surface area contributed by atoms with Gasteiger partial charge in [-0.05, 0) is 51.2 Å². The number of likely N-dealkylation sites (tertiary alicyclic amines) is 1. The van der Waals surface area contributed by atoms with E-state index in [0.717, 1.165) is 50.2 Å². The highest BCUT2D eigenvalue weighted by atomic mass is 32.2. The highest BCUT2D eigenvalue weighted by Crippen LogP contribution is 2.30. The van der Waals surface area contributed by atoms with E-state index in [-0.39, 0.29) is 0 Å². The third-order valence-electron chi connectivity index (χ3n) is 4.93. The summed E-state index contributed by atoms with van der Waals surface area (Å²) in [6.07, 6.45) is 8.01. The van der Waals surface area contributed by atoms with Crippen LogP contribution in [0.15, 0.2) is 33.6 Å². The van der Waals surface area contributed by atoms with E-state index >= 15 is 0 Å². The summed E-state index contributed by atoms with van der Waals surface area (Å²) in [5.41, 5.74) is 1.06. The molecule has 1 aromatic carbocycles. The lowest BCUT2D eigenvalue weighted by atomic mass is 10.0. The van der Waals surface area contributed by atoms with E-state index in [2.05, 4.69) is 9.30 Å². The average Bonchev–Trinajstić information content (AvgIpc) is 3.08. The summed E-state index contributed by atoms with van der Waals surface area (Å²) >= 11 is 0. The lowest BCUT2D eigenvalue weighted by Crippen LogP contribution is -2.39. The van der Waals surface area contributed by atoms with Gasteiger partial charge in [-0.25, -0.2) is 0 Å². The molecule has 0 aromatic heterocycles.